The van der Waals surface area contributed by atoms with E-state index in [0.717, 1.165) is 12.8 Å². The average Bonchev–Trinajstić information content (AvgIpc) is 2.37. The standard InChI is InChI=1S/C13H19N3O3/c1-9-3-2-6-13(19,7-9)8-14-12(18)10-4-5-11(17)16-15-10/h4-5,9,19H,2-3,6-8H2,1H3,(H,14,18)(H,16,17). The lowest BCUT2D eigenvalue weighted by molar-refractivity contribution is -0.0109. The van der Waals surface area contributed by atoms with Crippen molar-refractivity contribution in [1.82, 2.24) is 15.5 Å². The van der Waals surface area contributed by atoms with Gasteiger partial charge in [0.15, 0.2) is 0 Å². The molecule has 6 heteroatoms. The zero-order chi connectivity index (χ0) is 13.9. The van der Waals surface area contributed by atoms with Gasteiger partial charge in [0.1, 0.15) is 5.69 Å². The molecule has 6 nitrogen and oxygen atoms in total. The minimum Gasteiger partial charge on any atom is -0.388 e. The molecule has 2 atom stereocenters. The summed E-state index contributed by atoms with van der Waals surface area (Å²) in [6.07, 6.45) is 3.51. The van der Waals surface area contributed by atoms with Crippen LogP contribution >= 0.6 is 0 Å². The van der Waals surface area contributed by atoms with Crippen LogP contribution in [0, 0.1) is 5.92 Å². The highest BCUT2D eigenvalue weighted by Gasteiger charge is 2.32. The molecule has 0 bridgehead atoms. The molecule has 3 N–H and O–H groups in total. The number of H-pyrrole nitrogens is 1. The number of hydrogen-bond acceptors (Lipinski definition) is 4. The molecule has 0 aromatic carbocycles. The first kappa shape index (κ1) is 13.7. The number of nitrogens with zero attached hydrogens (tertiary/aromatic N) is 1. The average molecular weight is 265 g/mol. The van der Waals surface area contributed by atoms with Crippen molar-refractivity contribution in [3.8, 4) is 0 Å². The summed E-state index contributed by atoms with van der Waals surface area (Å²) in [5.74, 6) is 0.0877. The minimum atomic E-state index is -0.824. The Morgan fingerprint density at radius 1 is 1.63 bits per heavy atom. The third-order valence-electron chi connectivity index (χ3n) is 3.56. The van der Waals surface area contributed by atoms with Gasteiger partial charge in [-0.1, -0.05) is 19.8 Å². The summed E-state index contributed by atoms with van der Waals surface area (Å²) >= 11 is 0. The highest BCUT2D eigenvalue weighted by Crippen LogP contribution is 2.31. The smallest absolute Gasteiger partial charge is 0.271 e. The zero-order valence-corrected chi connectivity index (χ0v) is 11.0. The van der Waals surface area contributed by atoms with Crippen LogP contribution in [0.4, 0.5) is 0 Å². The molecule has 0 saturated heterocycles. The molecule has 0 spiro atoms. The molecule has 1 heterocycles. The minimum absolute atomic E-state index is 0.145. The second-order valence-corrected chi connectivity index (χ2v) is 5.41. The van der Waals surface area contributed by atoms with Gasteiger partial charge in [0.2, 0.25) is 0 Å². The molecule has 0 aliphatic heterocycles. The molecule has 1 aromatic heterocycles. The van der Waals surface area contributed by atoms with Gasteiger partial charge < -0.3 is 10.4 Å². The first-order valence-electron chi connectivity index (χ1n) is 6.55. The van der Waals surface area contributed by atoms with E-state index in [9.17, 15) is 14.7 Å². The van der Waals surface area contributed by atoms with Gasteiger partial charge in [-0.3, -0.25) is 9.59 Å². The van der Waals surface area contributed by atoms with E-state index in [-0.39, 0.29) is 23.7 Å². The molecule has 1 aliphatic rings. The maximum Gasteiger partial charge on any atom is 0.271 e. The maximum absolute atomic E-state index is 11.8. The molecule has 1 amide bonds. The number of aromatic amines is 1. The number of rotatable bonds is 3. The van der Waals surface area contributed by atoms with Crippen molar-refractivity contribution in [3.63, 3.8) is 0 Å². The van der Waals surface area contributed by atoms with Gasteiger partial charge in [0.05, 0.1) is 5.60 Å². The molecular formula is C13H19N3O3. The van der Waals surface area contributed by atoms with E-state index in [0.29, 0.717) is 18.8 Å². The van der Waals surface area contributed by atoms with Gasteiger partial charge in [-0.05, 0) is 24.8 Å². The van der Waals surface area contributed by atoms with E-state index < -0.39 is 5.60 Å². The topological polar surface area (TPSA) is 95.1 Å². The van der Waals surface area contributed by atoms with Crippen LogP contribution in [0.15, 0.2) is 16.9 Å². The summed E-state index contributed by atoms with van der Waals surface area (Å²) in [5.41, 5.74) is -1.03. The van der Waals surface area contributed by atoms with Crippen LogP contribution in [0.2, 0.25) is 0 Å². The molecule has 1 aliphatic carbocycles. The number of amides is 1. The van der Waals surface area contributed by atoms with Crippen LogP contribution in [0.3, 0.4) is 0 Å². The van der Waals surface area contributed by atoms with E-state index in [1.807, 2.05) is 0 Å². The number of aromatic nitrogens is 2. The van der Waals surface area contributed by atoms with E-state index in [4.69, 9.17) is 0 Å². The lowest BCUT2D eigenvalue weighted by Gasteiger charge is -2.35. The second kappa shape index (κ2) is 5.52. The summed E-state index contributed by atoms with van der Waals surface area (Å²) in [7, 11) is 0. The molecule has 1 saturated carbocycles. The van der Waals surface area contributed by atoms with Gasteiger partial charge in [-0.2, -0.15) is 5.10 Å². The zero-order valence-electron chi connectivity index (χ0n) is 11.0. The Morgan fingerprint density at radius 2 is 2.42 bits per heavy atom. The van der Waals surface area contributed by atoms with Crippen LogP contribution in [-0.4, -0.2) is 33.4 Å². The van der Waals surface area contributed by atoms with E-state index in [1.54, 1.807) is 0 Å². The summed E-state index contributed by atoms with van der Waals surface area (Å²) in [4.78, 5) is 22.7. The van der Waals surface area contributed by atoms with Gasteiger partial charge in [-0.15, -0.1) is 0 Å². The molecule has 2 rings (SSSR count). The normalized spacial score (nSPS) is 26.9. The van der Waals surface area contributed by atoms with Crippen LogP contribution in [0.5, 0.6) is 0 Å². The van der Waals surface area contributed by atoms with E-state index in [1.165, 1.54) is 12.1 Å². The molecular weight excluding hydrogens is 246 g/mol. The monoisotopic (exact) mass is 265 g/mol. The summed E-state index contributed by atoms with van der Waals surface area (Å²) in [6, 6.07) is 2.61. The van der Waals surface area contributed by atoms with Gasteiger partial charge in [0.25, 0.3) is 11.5 Å². The number of carbonyl (C=O) groups excluding carboxylic acids is 1. The predicted molar refractivity (Wildman–Crippen MR) is 69.8 cm³/mol. The van der Waals surface area contributed by atoms with Crippen molar-refractivity contribution < 1.29 is 9.90 Å². The third-order valence-corrected chi connectivity index (χ3v) is 3.56. The van der Waals surface area contributed by atoms with Crippen LogP contribution < -0.4 is 10.9 Å². The first-order valence-corrected chi connectivity index (χ1v) is 6.55. The highest BCUT2D eigenvalue weighted by atomic mass is 16.3. The summed E-state index contributed by atoms with van der Waals surface area (Å²) in [5, 5.41) is 18.9. The Bertz CT molecular complexity index is 494. The molecule has 0 radical (unpaired) electrons. The van der Waals surface area contributed by atoms with Crippen molar-refractivity contribution in [1.29, 1.82) is 0 Å². The van der Waals surface area contributed by atoms with Crippen LogP contribution in [0.25, 0.3) is 0 Å². The Balaban J connectivity index is 1.92. The van der Waals surface area contributed by atoms with Gasteiger partial charge >= 0.3 is 0 Å². The summed E-state index contributed by atoms with van der Waals surface area (Å²) in [6.45, 7) is 2.33. The van der Waals surface area contributed by atoms with Crippen LogP contribution in [-0.2, 0) is 0 Å². The molecule has 104 valence electrons. The number of carbonyl (C=O) groups is 1. The Morgan fingerprint density at radius 3 is 3.05 bits per heavy atom. The first-order chi connectivity index (χ1) is 8.98. The van der Waals surface area contributed by atoms with E-state index >= 15 is 0 Å². The van der Waals surface area contributed by atoms with Crippen molar-refractivity contribution in [2.24, 2.45) is 5.92 Å². The molecule has 19 heavy (non-hydrogen) atoms. The number of hydrogen-bond donors (Lipinski definition) is 3. The Kier molecular flexibility index (Phi) is 3.99. The maximum atomic E-state index is 11.8. The third kappa shape index (κ3) is 3.64. The van der Waals surface area contributed by atoms with Gasteiger partial charge in [0, 0.05) is 12.6 Å². The Labute approximate surface area is 111 Å². The summed E-state index contributed by atoms with van der Waals surface area (Å²) < 4.78 is 0. The highest BCUT2D eigenvalue weighted by molar-refractivity contribution is 5.92. The molecule has 1 fully saturated rings. The quantitative estimate of drug-likeness (QED) is 0.739. The van der Waals surface area contributed by atoms with Crippen molar-refractivity contribution >= 4 is 5.91 Å². The number of aliphatic hydroxyl groups is 1. The SMILES string of the molecule is CC1CCCC(O)(CNC(=O)c2ccc(=O)[nH]n2)C1. The lowest BCUT2D eigenvalue weighted by Crippen LogP contribution is -2.46. The fraction of sp³-hybridized carbons (Fsp3) is 0.615. The van der Waals surface area contributed by atoms with Crippen molar-refractivity contribution in [2.45, 2.75) is 38.2 Å². The largest absolute Gasteiger partial charge is 0.388 e. The fourth-order valence-corrected chi connectivity index (χ4v) is 2.60. The van der Waals surface area contributed by atoms with Gasteiger partial charge in [-0.25, -0.2) is 5.10 Å². The lowest BCUT2D eigenvalue weighted by atomic mass is 9.79. The predicted octanol–water partition coefficient (Wildman–Crippen LogP) is 0.441. The van der Waals surface area contributed by atoms with Crippen molar-refractivity contribution in [3.05, 3.63) is 28.2 Å². The van der Waals surface area contributed by atoms with Crippen molar-refractivity contribution in [2.75, 3.05) is 6.54 Å². The molecule has 2 unspecified atom stereocenters. The van der Waals surface area contributed by atoms with E-state index in [2.05, 4.69) is 22.4 Å². The molecule has 1 aromatic rings. The second-order valence-electron chi connectivity index (χ2n) is 5.41. The fourth-order valence-electron chi connectivity index (χ4n) is 2.60. The number of nitrogens with one attached hydrogen (secondary N) is 2. The van der Waals surface area contributed by atoms with Crippen LogP contribution in [0.1, 0.15) is 43.1 Å². The Hall–Kier alpha value is -1.69.